The standard InChI is InChI=1S/C23H28N2O7S/c1-29-18-5-7-19(8-6-18)33(27,28)25-14-15-32-23(25)10-12-24(13-11-23)22(26)17-4-9-20(30-2)21(16-17)31-3/h4-9,16H,10-15H2,1-3H3. The Morgan fingerprint density at radius 1 is 0.909 bits per heavy atom. The summed E-state index contributed by atoms with van der Waals surface area (Å²) in [6, 6.07) is 11.4. The lowest BCUT2D eigenvalue weighted by Gasteiger charge is -2.42. The number of piperidine rings is 1. The van der Waals surface area contributed by atoms with Gasteiger partial charge >= 0.3 is 0 Å². The second-order valence-corrected chi connectivity index (χ2v) is 9.77. The highest BCUT2D eigenvalue weighted by Crippen LogP contribution is 2.39. The SMILES string of the molecule is COc1ccc(S(=O)(=O)N2CCOC23CCN(C(=O)c2ccc(OC)c(OC)c2)CC3)cc1. The van der Waals surface area contributed by atoms with E-state index in [2.05, 4.69) is 0 Å². The van der Waals surface area contributed by atoms with Crippen LogP contribution in [0.1, 0.15) is 23.2 Å². The van der Waals surface area contributed by atoms with Crippen LogP contribution in [0, 0.1) is 0 Å². The fourth-order valence-corrected chi connectivity index (χ4v) is 6.14. The topological polar surface area (TPSA) is 94.6 Å². The molecule has 33 heavy (non-hydrogen) atoms. The summed E-state index contributed by atoms with van der Waals surface area (Å²) in [4.78, 5) is 15.0. The zero-order valence-electron chi connectivity index (χ0n) is 18.9. The Bertz CT molecular complexity index is 1110. The van der Waals surface area contributed by atoms with Crippen LogP contribution in [0.3, 0.4) is 0 Å². The number of sulfonamides is 1. The monoisotopic (exact) mass is 476 g/mol. The third kappa shape index (κ3) is 4.25. The van der Waals surface area contributed by atoms with Gasteiger partial charge in [-0.25, -0.2) is 8.42 Å². The largest absolute Gasteiger partial charge is 0.497 e. The quantitative estimate of drug-likeness (QED) is 0.632. The molecule has 0 N–H and O–H groups in total. The molecule has 2 aromatic carbocycles. The van der Waals surface area contributed by atoms with Crippen molar-refractivity contribution in [3.63, 3.8) is 0 Å². The van der Waals surface area contributed by atoms with Crippen molar-refractivity contribution in [2.45, 2.75) is 23.5 Å². The second-order valence-electron chi connectivity index (χ2n) is 7.91. The van der Waals surface area contributed by atoms with E-state index in [1.807, 2.05) is 0 Å². The maximum absolute atomic E-state index is 13.4. The van der Waals surface area contributed by atoms with Crippen LogP contribution < -0.4 is 14.2 Å². The zero-order chi connectivity index (χ0) is 23.6. The average Bonchev–Trinajstić information content (AvgIpc) is 3.27. The summed E-state index contributed by atoms with van der Waals surface area (Å²) < 4.78 is 49.9. The molecule has 2 saturated heterocycles. The molecule has 1 spiro atoms. The van der Waals surface area contributed by atoms with E-state index in [1.54, 1.807) is 35.2 Å². The van der Waals surface area contributed by atoms with Gasteiger partial charge in [-0.2, -0.15) is 4.31 Å². The number of benzene rings is 2. The van der Waals surface area contributed by atoms with Crippen LogP contribution in [-0.2, 0) is 14.8 Å². The molecule has 0 radical (unpaired) electrons. The van der Waals surface area contributed by atoms with Crippen molar-refractivity contribution in [2.24, 2.45) is 0 Å². The number of carbonyl (C=O) groups is 1. The molecular formula is C23H28N2O7S. The molecule has 10 heteroatoms. The highest BCUT2D eigenvalue weighted by molar-refractivity contribution is 7.89. The van der Waals surface area contributed by atoms with E-state index in [4.69, 9.17) is 18.9 Å². The first-order valence-electron chi connectivity index (χ1n) is 10.7. The fraction of sp³-hybridized carbons (Fsp3) is 0.435. The second kappa shape index (κ2) is 9.20. The van der Waals surface area contributed by atoms with Crippen molar-refractivity contribution >= 4 is 15.9 Å². The van der Waals surface area contributed by atoms with Gasteiger partial charge in [0, 0.05) is 38.0 Å². The zero-order valence-corrected chi connectivity index (χ0v) is 19.8. The number of amides is 1. The molecule has 0 aromatic heterocycles. The summed E-state index contributed by atoms with van der Waals surface area (Å²) >= 11 is 0. The van der Waals surface area contributed by atoms with Gasteiger partial charge in [0.25, 0.3) is 5.91 Å². The number of likely N-dealkylation sites (tertiary alicyclic amines) is 1. The van der Waals surface area contributed by atoms with E-state index in [0.717, 1.165) is 0 Å². The molecule has 178 valence electrons. The van der Waals surface area contributed by atoms with E-state index in [1.165, 1.54) is 37.8 Å². The molecule has 4 rings (SSSR count). The van der Waals surface area contributed by atoms with E-state index < -0.39 is 15.7 Å². The van der Waals surface area contributed by atoms with Crippen LogP contribution in [0.15, 0.2) is 47.4 Å². The molecule has 2 aliphatic heterocycles. The Balaban J connectivity index is 1.50. The molecule has 0 unspecified atom stereocenters. The van der Waals surface area contributed by atoms with Crippen LogP contribution in [0.2, 0.25) is 0 Å². The first-order chi connectivity index (χ1) is 15.8. The van der Waals surface area contributed by atoms with Crippen molar-refractivity contribution < 1.29 is 32.2 Å². The smallest absolute Gasteiger partial charge is 0.253 e. The van der Waals surface area contributed by atoms with Crippen molar-refractivity contribution in [1.29, 1.82) is 0 Å². The Morgan fingerprint density at radius 2 is 1.58 bits per heavy atom. The van der Waals surface area contributed by atoms with E-state index in [-0.39, 0.29) is 17.3 Å². The molecular weight excluding hydrogens is 448 g/mol. The van der Waals surface area contributed by atoms with Gasteiger partial charge in [0.2, 0.25) is 10.0 Å². The summed E-state index contributed by atoms with van der Waals surface area (Å²) in [5.41, 5.74) is -0.466. The number of hydrogen-bond donors (Lipinski definition) is 0. The number of methoxy groups -OCH3 is 3. The number of ether oxygens (including phenoxy) is 4. The third-order valence-corrected chi connectivity index (χ3v) is 8.19. The third-order valence-electron chi connectivity index (χ3n) is 6.23. The first kappa shape index (κ1) is 23.3. The molecule has 0 aliphatic carbocycles. The van der Waals surface area contributed by atoms with Crippen LogP contribution in [0.25, 0.3) is 0 Å². The molecule has 1 amide bonds. The molecule has 0 bridgehead atoms. The van der Waals surface area contributed by atoms with Gasteiger partial charge in [-0.05, 0) is 42.5 Å². The van der Waals surface area contributed by atoms with Crippen LogP contribution in [0.4, 0.5) is 0 Å². The Kier molecular flexibility index (Phi) is 6.51. The highest BCUT2D eigenvalue weighted by atomic mass is 32.2. The number of nitrogens with zero attached hydrogens (tertiary/aromatic N) is 2. The van der Waals surface area contributed by atoms with Gasteiger partial charge < -0.3 is 23.8 Å². The van der Waals surface area contributed by atoms with Gasteiger partial charge in [-0.15, -0.1) is 0 Å². The predicted molar refractivity (Wildman–Crippen MR) is 120 cm³/mol. The van der Waals surface area contributed by atoms with Gasteiger partial charge in [0.05, 0.1) is 32.8 Å². The van der Waals surface area contributed by atoms with Crippen LogP contribution in [0.5, 0.6) is 17.2 Å². The lowest BCUT2D eigenvalue weighted by Crippen LogP contribution is -2.55. The minimum atomic E-state index is -3.76. The van der Waals surface area contributed by atoms with Crippen molar-refractivity contribution in [3.8, 4) is 17.2 Å². The summed E-state index contributed by atoms with van der Waals surface area (Å²) in [5, 5.41) is 0. The van der Waals surface area contributed by atoms with E-state index in [9.17, 15) is 13.2 Å². The maximum atomic E-state index is 13.4. The molecule has 2 aromatic rings. The van der Waals surface area contributed by atoms with Gasteiger partial charge in [0.15, 0.2) is 11.5 Å². The molecule has 0 saturated carbocycles. The number of rotatable bonds is 6. The lowest BCUT2D eigenvalue weighted by molar-refractivity contribution is -0.0857. The summed E-state index contributed by atoms with van der Waals surface area (Å²) in [6.45, 7) is 1.35. The van der Waals surface area contributed by atoms with E-state index >= 15 is 0 Å². The molecule has 2 aliphatic rings. The fourth-order valence-electron chi connectivity index (χ4n) is 4.41. The average molecular weight is 477 g/mol. The van der Waals surface area contributed by atoms with Gasteiger partial charge in [0.1, 0.15) is 11.5 Å². The molecule has 9 nitrogen and oxygen atoms in total. The van der Waals surface area contributed by atoms with E-state index in [0.29, 0.717) is 55.4 Å². The highest BCUT2D eigenvalue weighted by Gasteiger charge is 2.51. The summed E-state index contributed by atoms with van der Waals surface area (Å²) in [6.07, 6.45) is 0.781. The minimum absolute atomic E-state index is 0.145. The maximum Gasteiger partial charge on any atom is 0.253 e. The molecule has 2 fully saturated rings. The molecule has 2 heterocycles. The minimum Gasteiger partial charge on any atom is -0.497 e. The van der Waals surface area contributed by atoms with Crippen molar-refractivity contribution in [1.82, 2.24) is 9.21 Å². The predicted octanol–water partition coefficient (Wildman–Crippen LogP) is 2.37. The Morgan fingerprint density at radius 3 is 2.18 bits per heavy atom. The van der Waals surface area contributed by atoms with Crippen LogP contribution >= 0.6 is 0 Å². The van der Waals surface area contributed by atoms with Gasteiger partial charge in [-0.1, -0.05) is 0 Å². The van der Waals surface area contributed by atoms with Crippen molar-refractivity contribution in [3.05, 3.63) is 48.0 Å². The number of hydrogen-bond acceptors (Lipinski definition) is 7. The van der Waals surface area contributed by atoms with Gasteiger partial charge in [-0.3, -0.25) is 4.79 Å². The number of carbonyl (C=O) groups excluding carboxylic acids is 1. The lowest BCUT2D eigenvalue weighted by atomic mass is 10.00. The normalized spacial score (nSPS) is 18.3. The summed E-state index contributed by atoms with van der Waals surface area (Å²) in [5.74, 6) is 1.47. The first-order valence-corrected chi connectivity index (χ1v) is 12.1. The van der Waals surface area contributed by atoms with Crippen molar-refractivity contribution in [2.75, 3.05) is 47.6 Å². The van der Waals surface area contributed by atoms with Crippen LogP contribution in [-0.4, -0.2) is 76.8 Å². The summed E-state index contributed by atoms with van der Waals surface area (Å²) in [7, 11) is 0.831. The Labute approximate surface area is 193 Å². The molecule has 0 atom stereocenters. The Hall–Kier alpha value is -2.82.